The molecule has 1 fully saturated rings. The molecule has 0 aliphatic carbocycles. The van der Waals surface area contributed by atoms with E-state index >= 15 is 0 Å². The van der Waals surface area contributed by atoms with Crippen molar-refractivity contribution in [2.45, 2.75) is 11.1 Å². The number of nitrogens with zero attached hydrogens (tertiary/aromatic N) is 4. The van der Waals surface area contributed by atoms with E-state index in [-0.39, 0.29) is 42.2 Å². The molecule has 31 heavy (non-hydrogen) atoms. The minimum Gasteiger partial charge on any atom is -0.339 e. The summed E-state index contributed by atoms with van der Waals surface area (Å²) in [6.45, 7) is 2.95. The lowest BCUT2D eigenvalue weighted by atomic mass is 10.3. The van der Waals surface area contributed by atoms with Gasteiger partial charge in [0.05, 0.1) is 17.4 Å². The number of amides is 2. The summed E-state index contributed by atoms with van der Waals surface area (Å²) < 4.78 is 27.3. The smallest absolute Gasteiger partial charge is 0.252 e. The summed E-state index contributed by atoms with van der Waals surface area (Å²) in [7, 11) is -1.92. The van der Waals surface area contributed by atoms with Gasteiger partial charge in [-0.3, -0.25) is 14.5 Å². The number of halogens is 1. The average Bonchev–Trinajstić information content (AvgIpc) is 3.15. The first-order chi connectivity index (χ1) is 14.6. The van der Waals surface area contributed by atoms with Crippen LogP contribution in [0.1, 0.15) is 5.69 Å². The molecule has 3 rings (SSSR count). The quantitative estimate of drug-likeness (QED) is 0.637. The number of pyridine rings is 1. The molecule has 0 radical (unpaired) electrons. The molecule has 2 amide bonds. The summed E-state index contributed by atoms with van der Waals surface area (Å²) in [5.41, 5.74) is 0.796. The van der Waals surface area contributed by atoms with Gasteiger partial charge in [0.25, 0.3) is 10.0 Å². The van der Waals surface area contributed by atoms with Crippen molar-refractivity contribution in [3.8, 4) is 0 Å². The molecule has 0 bridgehead atoms. The van der Waals surface area contributed by atoms with Gasteiger partial charge in [0.15, 0.2) is 0 Å². The van der Waals surface area contributed by atoms with Gasteiger partial charge in [-0.25, -0.2) is 13.4 Å². The van der Waals surface area contributed by atoms with Crippen molar-refractivity contribution in [1.82, 2.24) is 19.1 Å². The molecule has 0 atom stereocenters. The fraction of sp³-hybridized carbons (Fsp3) is 0.421. The zero-order valence-corrected chi connectivity index (χ0v) is 19.6. The van der Waals surface area contributed by atoms with Gasteiger partial charge >= 0.3 is 0 Å². The van der Waals surface area contributed by atoms with Gasteiger partial charge in [-0.2, -0.15) is 4.31 Å². The molecule has 1 aliphatic heterocycles. The number of likely N-dealkylation sites (N-methyl/N-ethyl adjacent to an activating group) is 1. The molecule has 2 aromatic rings. The highest BCUT2D eigenvalue weighted by Crippen LogP contribution is 2.28. The fourth-order valence-corrected chi connectivity index (χ4v) is 6.23. The standard InChI is InChI=1S/C19H24ClN5O4S2/c1-14-4-3-5-16(21-14)22-17(26)12-23(2)13-18(27)24-8-10-25(11-9-24)31(28,29)19-7-6-15(20)30-19/h3-7H,8-13H2,1-2H3,(H,21,22,26). The molecule has 0 saturated carbocycles. The second-order valence-corrected chi connectivity index (χ2v) is 11.1. The minimum atomic E-state index is -3.60. The van der Waals surface area contributed by atoms with Crippen LogP contribution < -0.4 is 5.32 Å². The van der Waals surface area contributed by atoms with E-state index in [4.69, 9.17) is 11.6 Å². The van der Waals surface area contributed by atoms with Gasteiger partial charge in [0.2, 0.25) is 11.8 Å². The Bertz CT molecular complexity index is 1050. The normalized spacial score (nSPS) is 15.3. The van der Waals surface area contributed by atoms with Crippen molar-refractivity contribution in [2.75, 3.05) is 51.6 Å². The number of piperazine rings is 1. The SMILES string of the molecule is Cc1cccc(NC(=O)CN(C)CC(=O)N2CCN(S(=O)(=O)c3ccc(Cl)s3)CC2)n1. The number of carbonyl (C=O) groups is 2. The summed E-state index contributed by atoms with van der Waals surface area (Å²) in [5, 5.41) is 2.71. The molecule has 0 aromatic carbocycles. The number of thiophene rings is 1. The predicted octanol–water partition coefficient (Wildman–Crippen LogP) is 1.51. The predicted molar refractivity (Wildman–Crippen MR) is 120 cm³/mol. The van der Waals surface area contributed by atoms with E-state index in [0.717, 1.165) is 17.0 Å². The second kappa shape index (κ2) is 10.0. The lowest BCUT2D eigenvalue weighted by Crippen LogP contribution is -2.52. The van der Waals surface area contributed by atoms with Gasteiger partial charge in [-0.1, -0.05) is 17.7 Å². The maximum absolute atomic E-state index is 12.7. The van der Waals surface area contributed by atoms with Crippen LogP contribution >= 0.6 is 22.9 Å². The van der Waals surface area contributed by atoms with Crippen LogP contribution in [-0.4, -0.2) is 85.6 Å². The Labute approximate surface area is 190 Å². The van der Waals surface area contributed by atoms with E-state index in [1.54, 1.807) is 35.0 Å². The minimum absolute atomic E-state index is 0.0366. The zero-order valence-electron chi connectivity index (χ0n) is 17.2. The Kier molecular flexibility index (Phi) is 7.65. The molecule has 1 aliphatic rings. The third kappa shape index (κ3) is 6.23. The first-order valence-electron chi connectivity index (χ1n) is 9.60. The van der Waals surface area contributed by atoms with E-state index in [1.165, 1.54) is 10.4 Å². The highest BCUT2D eigenvalue weighted by molar-refractivity contribution is 7.91. The molecule has 3 heterocycles. The summed E-state index contributed by atoms with van der Waals surface area (Å²) >= 11 is 6.87. The van der Waals surface area contributed by atoms with Crippen molar-refractivity contribution >= 4 is 50.6 Å². The van der Waals surface area contributed by atoms with E-state index in [9.17, 15) is 18.0 Å². The van der Waals surface area contributed by atoms with E-state index in [0.29, 0.717) is 23.2 Å². The van der Waals surface area contributed by atoms with Gasteiger partial charge in [-0.05, 0) is 38.2 Å². The first kappa shape index (κ1) is 23.6. The van der Waals surface area contributed by atoms with E-state index in [2.05, 4.69) is 10.3 Å². The summed E-state index contributed by atoms with van der Waals surface area (Å²) in [6.07, 6.45) is 0. The molecule has 0 unspecified atom stereocenters. The lowest BCUT2D eigenvalue weighted by Gasteiger charge is -2.34. The number of rotatable bonds is 7. The molecule has 1 saturated heterocycles. The summed E-state index contributed by atoms with van der Waals surface area (Å²) in [5.74, 6) is 0.0493. The van der Waals surface area contributed by atoms with Crippen LogP contribution in [0.15, 0.2) is 34.5 Å². The molecule has 2 aromatic heterocycles. The Hall–Kier alpha value is -2.05. The topological polar surface area (TPSA) is 103 Å². The van der Waals surface area contributed by atoms with E-state index < -0.39 is 10.0 Å². The summed E-state index contributed by atoms with van der Waals surface area (Å²) in [6, 6.07) is 8.39. The number of aromatic nitrogens is 1. The number of sulfonamides is 1. The Morgan fingerprint density at radius 2 is 1.87 bits per heavy atom. The van der Waals surface area contributed by atoms with Crippen molar-refractivity contribution in [3.63, 3.8) is 0 Å². The van der Waals surface area contributed by atoms with Gasteiger partial charge < -0.3 is 10.2 Å². The average molecular weight is 486 g/mol. The van der Waals surface area contributed by atoms with Crippen LogP contribution in [0.3, 0.4) is 0 Å². The Morgan fingerprint density at radius 1 is 1.16 bits per heavy atom. The van der Waals surface area contributed by atoms with Gasteiger partial charge in [0, 0.05) is 31.9 Å². The van der Waals surface area contributed by atoms with Crippen LogP contribution in [0.2, 0.25) is 4.34 Å². The molecule has 1 N–H and O–H groups in total. The monoisotopic (exact) mass is 485 g/mol. The molecule has 12 heteroatoms. The number of aryl methyl sites for hydroxylation is 1. The van der Waals surface area contributed by atoms with Crippen molar-refractivity contribution in [3.05, 3.63) is 40.4 Å². The van der Waals surface area contributed by atoms with Crippen LogP contribution in [0.5, 0.6) is 0 Å². The highest BCUT2D eigenvalue weighted by Gasteiger charge is 2.31. The number of anilines is 1. The molecule has 168 valence electrons. The number of carbonyl (C=O) groups excluding carboxylic acids is 2. The van der Waals surface area contributed by atoms with Crippen LogP contribution in [0.25, 0.3) is 0 Å². The Balaban J connectivity index is 1.46. The third-order valence-corrected chi connectivity index (χ3v) is 8.31. The highest BCUT2D eigenvalue weighted by atomic mass is 35.5. The van der Waals surface area contributed by atoms with Crippen molar-refractivity contribution in [2.24, 2.45) is 0 Å². The second-order valence-electron chi connectivity index (χ2n) is 7.23. The van der Waals surface area contributed by atoms with Crippen LogP contribution in [0.4, 0.5) is 5.82 Å². The number of hydrogen-bond acceptors (Lipinski definition) is 7. The fourth-order valence-electron chi connectivity index (χ4n) is 3.17. The van der Waals surface area contributed by atoms with Crippen LogP contribution in [0, 0.1) is 6.92 Å². The molecule has 9 nitrogen and oxygen atoms in total. The van der Waals surface area contributed by atoms with Crippen molar-refractivity contribution in [1.29, 1.82) is 0 Å². The third-order valence-electron chi connectivity index (χ3n) is 4.71. The van der Waals surface area contributed by atoms with Crippen molar-refractivity contribution < 1.29 is 18.0 Å². The largest absolute Gasteiger partial charge is 0.339 e. The van der Waals surface area contributed by atoms with Gasteiger partial charge in [0.1, 0.15) is 10.0 Å². The summed E-state index contributed by atoms with van der Waals surface area (Å²) in [4.78, 5) is 32.2. The number of hydrogen-bond donors (Lipinski definition) is 1. The Morgan fingerprint density at radius 3 is 2.48 bits per heavy atom. The number of nitrogens with one attached hydrogen (secondary N) is 1. The molecular formula is C19H24ClN5O4S2. The van der Waals surface area contributed by atoms with E-state index in [1.807, 2.05) is 13.0 Å². The molecule has 0 spiro atoms. The lowest BCUT2D eigenvalue weighted by molar-refractivity contribution is -0.133. The van der Waals surface area contributed by atoms with Crippen LogP contribution in [-0.2, 0) is 19.6 Å². The maximum Gasteiger partial charge on any atom is 0.252 e. The first-order valence-corrected chi connectivity index (χ1v) is 12.2. The zero-order chi connectivity index (χ0) is 22.6. The van der Waals surface area contributed by atoms with Gasteiger partial charge in [-0.15, -0.1) is 11.3 Å². The maximum atomic E-state index is 12.7. The molecular weight excluding hydrogens is 462 g/mol.